The molecule has 0 saturated carbocycles. The van der Waals surface area contributed by atoms with Crippen molar-refractivity contribution in [3.63, 3.8) is 0 Å². The van der Waals surface area contributed by atoms with Gasteiger partial charge >= 0.3 is 0 Å². The lowest BCUT2D eigenvalue weighted by molar-refractivity contribution is -0.132. The monoisotopic (exact) mass is 212 g/mol. The summed E-state index contributed by atoms with van der Waals surface area (Å²) in [5.74, 6) is 0.818. The predicted molar refractivity (Wildman–Crippen MR) is 62.7 cm³/mol. The second-order valence-corrected chi connectivity index (χ2v) is 5.11. The van der Waals surface area contributed by atoms with Gasteiger partial charge in [0.25, 0.3) is 0 Å². The average molecular weight is 212 g/mol. The zero-order valence-corrected chi connectivity index (χ0v) is 10.7. The van der Waals surface area contributed by atoms with Crippen LogP contribution in [-0.4, -0.2) is 47.4 Å². The normalized spacial score (nSPS) is 23.9. The van der Waals surface area contributed by atoms with Gasteiger partial charge in [-0.15, -0.1) is 0 Å². The first kappa shape index (κ1) is 12.5. The van der Waals surface area contributed by atoms with Gasteiger partial charge in [0.1, 0.15) is 0 Å². The van der Waals surface area contributed by atoms with Gasteiger partial charge in [0.05, 0.1) is 0 Å². The van der Waals surface area contributed by atoms with Crippen LogP contribution < -0.4 is 0 Å². The standard InChI is InChI=1S/C12H24N2O/c1-9(2)12-8-13(11(5)15)6-7-14(12)10(3)4/h9-10,12H,6-8H2,1-5H3/t12-/m1/s1. The van der Waals surface area contributed by atoms with Crippen molar-refractivity contribution in [1.82, 2.24) is 9.80 Å². The summed E-state index contributed by atoms with van der Waals surface area (Å²) in [4.78, 5) is 15.8. The van der Waals surface area contributed by atoms with E-state index in [9.17, 15) is 4.79 Å². The first-order chi connectivity index (χ1) is 6.93. The van der Waals surface area contributed by atoms with E-state index >= 15 is 0 Å². The van der Waals surface area contributed by atoms with Crippen LogP contribution in [-0.2, 0) is 4.79 Å². The third-order valence-electron chi connectivity index (χ3n) is 3.34. The Kier molecular flexibility index (Phi) is 4.14. The smallest absolute Gasteiger partial charge is 0.219 e. The second kappa shape index (κ2) is 4.97. The van der Waals surface area contributed by atoms with E-state index in [-0.39, 0.29) is 5.91 Å². The molecule has 1 atom stereocenters. The van der Waals surface area contributed by atoms with Gasteiger partial charge in [0.2, 0.25) is 5.91 Å². The van der Waals surface area contributed by atoms with Gasteiger partial charge < -0.3 is 4.90 Å². The molecule has 0 unspecified atom stereocenters. The molecule has 0 aromatic carbocycles. The molecule has 0 bridgehead atoms. The topological polar surface area (TPSA) is 23.6 Å². The third-order valence-corrected chi connectivity index (χ3v) is 3.34. The zero-order valence-electron chi connectivity index (χ0n) is 10.7. The number of nitrogens with zero attached hydrogens (tertiary/aromatic N) is 2. The SMILES string of the molecule is CC(=O)N1CCN(C(C)C)[C@@H](C(C)C)C1. The van der Waals surface area contributed by atoms with Crippen molar-refractivity contribution < 1.29 is 4.79 Å². The van der Waals surface area contributed by atoms with E-state index in [2.05, 4.69) is 32.6 Å². The highest BCUT2D eigenvalue weighted by Gasteiger charge is 2.31. The van der Waals surface area contributed by atoms with Gasteiger partial charge in [-0.25, -0.2) is 0 Å². The van der Waals surface area contributed by atoms with E-state index in [4.69, 9.17) is 0 Å². The molecular weight excluding hydrogens is 188 g/mol. The molecule has 1 rings (SSSR count). The molecule has 0 aliphatic carbocycles. The van der Waals surface area contributed by atoms with Crippen molar-refractivity contribution in [1.29, 1.82) is 0 Å². The first-order valence-electron chi connectivity index (χ1n) is 5.94. The molecule has 1 amide bonds. The second-order valence-electron chi connectivity index (χ2n) is 5.11. The van der Waals surface area contributed by atoms with Crippen LogP contribution in [0.25, 0.3) is 0 Å². The number of amides is 1. The largest absolute Gasteiger partial charge is 0.340 e. The van der Waals surface area contributed by atoms with Crippen molar-refractivity contribution in [3.05, 3.63) is 0 Å². The summed E-state index contributed by atoms with van der Waals surface area (Å²) < 4.78 is 0. The number of rotatable bonds is 2. The summed E-state index contributed by atoms with van der Waals surface area (Å²) in [5.41, 5.74) is 0. The Morgan fingerprint density at radius 3 is 2.20 bits per heavy atom. The van der Waals surface area contributed by atoms with Gasteiger partial charge in [-0.05, 0) is 19.8 Å². The van der Waals surface area contributed by atoms with E-state index < -0.39 is 0 Å². The first-order valence-corrected chi connectivity index (χ1v) is 5.94. The Labute approximate surface area is 93.4 Å². The Morgan fingerprint density at radius 2 is 1.80 bits per heavy atom. The minimum absolute atomic E-state index is 0.212. The lowest BCUT2D eigenvalue weighted by Crippen LogP contribution is -2.58. The van der Waals surface area contributed by atoms with Crippen molar-refractivity contribution >= 4 is 5.91 Å². The molecule has 0 radical (unpaired) electrons. The van der Waals surface area contributed by atoms with E-state index in [1.165, 1.54) is 0 Å². The van der Waals surface area contributed by atoms with Crippen LogP contribution >= 0.6 is 0 Å². The van der Waals surface area contributed by atoms with E-state index in [0.717, 1.165) is 19.6 Å². The number of carbonyl (C=O) groups excluding carboxylic acids is 1. The van der Waals surface area contributed by atoms with Gasteiger partial charge in [-0.2, -0.15) is 0 Å². The highest BCUT2D eigenvalue weighted by molar-refractivity contribution is 5.73. The molecule has 88 valence electrons. The van der Waals surface area contributed by atoms with Gasteiger partial charge in [-0.3, -0.25) is 9.69 Å². The maximum Gasteiger partial charge on any atom is 0.219 e. The summed E-state index contributed by atoms with van der Waals surface area (Å²) in [6, 6.07) is 1.09. The molecule has 3 nitrogen and oxygen atoms in total. The number of hydrogen-bond donors (Lipinski definition) is 0. The molecule has 1 aliphatic heterocycles. The maximum absolute atomic E-state index is 11.4. The summed E-state index contributed by atoms with van der Waals surface area (Å²) in [5, 5.41) is 0. The fraction of sp³-hybridized carbons (Fsp3) is 0.917. The van der Waals surface area contributed by atoms with E-state index in [1.54, 1.807) is 6.92 Å². The van der Waals surface area contributed by atoms with Gasteiger partial charge in [-0.1, -0.05) is 13.8 Å². The molecule has 3 heteroatoms. The van der Waals surface area contributed by atoms with Crippen molar-refractivity contribution in [3.8, 4) is 0 Å². The molecule has 15 heavy (non-hydrogen) atoms. The Hall–Kier alpha value is -0.570. The van der Waals surface area contributed by atoms with Crippen LogP contribution in [0.2, 0.25) is 0 Å². The van der Waals surface area contributed by atoms with Crippen molar-refractivity contribution in [2.24, 2.45) is 5.92 Å². The lowest BCUT2D eigenvalue weighted by atomic mass is 9.98. The Balaban J connectivity index is 2.69. The van der Waals surface area contributed by atoms with Crippen LogP contribution in [0.15, 0.2) is 0 Å². The number of carbonyl (C=O) groups is 1. The van der Waals surface area contributed by atoms with E-state index in [0.29, 0.717) is 18.0 Å². The van der Waals surface area contributed by atoms with Crippen LogP contribution in [0, 0.1) is 5.92 Å². The van der Waals surface area contributed by atoms with Crippen LogP contribution in [0.3, 0.4) is 0 Å². The fourth-order valence-corrected chi connectivity index (χ4v) is 2.34. The van der Waals surface area contributed by atoms with Gasteiger partial charge in [0.15, 0.2) is 0 Å². The highest BCUT2D eigenvalue weighted by Crippen LogP contribution is 2.19. The summed E-state index contributed by atoms with van der Waals surface area (Å²) in [7, 11) is 0. The van der Waals surface area contributed by atoms with Crippen LogP contribution in [0.4, 0.5) is 0 Å². The molecule has 0 aromatic rings. The average Bonchev–Trinajstić information content (AvgIpc) is 2.16. The Bertz CT molecular complexity index is 226. The van der Waals surface area contributed by atoms with E-state index in [1.807, 2.05) is 4.90 Å². The highest BCUT2D eigenvalue weighted by atomic mass is 16.2. The maximum atomic E-state index is 11.4. The van der Waals surface area contributed by atoms with Crippen LogP contribution in [0.5, 0.6) is 0 Å². The van der Waals surface area contributed by atoms with Crippen molar-refractivity contribution in [2.45, 2.75) is 46.7 Å². The molecule has 1 aliphatic rings. The third kappa shape index (κ3) is 2.94. The van der Waals surface area contributed by atoms with Crippen LogP contribution in [0.1, 0.15) is 34.6 Å². The zero-order chi connectivity index (χ0) is 11.6. The van der Waals surface area contributed by atoms with Crippen molar-refractivity contribution in [2.75, 3.05) is 19.6 Å². The summed E-state index contributed by atoms with van der Waals surface area (Å²) in [6.07, 6.45) is 0. The van der Waals surface area contributed by atoms with Gasteiger partial charge in [0, 0.05) is 38.6 Å². The fourth-order valence-electron chi connectivity index (χ4n) is 2.34. The molecule has 1 fully saturated rings. The minimum atomic E-state index is 0.212. The summed E-state index contributed by atoms with van der Waals surface area (Å²) in [6.45, 7) is 13.4. The number of hydrogen-bond acceptors (Lipinski definition) is 2. The molecular formula is C12H24N2O. The molecule has 0 spiro atoms. The number of piperazine rings is 1. The quantitative estimate of drug-likeness (QED) is 0.694. The molecule has 0 N–H and O–H groups in total. The molecule has 0 aromatic heterocycles. The lowest BCUT2D eigenvalue weighted by Gasteiger charge is -2.45. The predicted octanol–water partition coefficient (Wildman–Crippen LogP) is 1.58. The Morgan fingerprint density at radius 1 is 1.20 bits per heavy atom. The summed E-state index contributed by atoms with van der Waals surface area (Å²) >= 11 is 0. The molecule has 1 heterocycles. The molecule has 1 saturated heterocycles. The minimum Gasteiger partial charge on any atom is -0.340 e.